The van der Waals surface area contributed by atoms with Crippen LogP contribution >= 0.6 is 39.1 Å². The van der Waals surface area contributed by atoms with E-state index in [4.69, 9.17) is 27.9 Å². The van der Waals surface area contributed by atoms with Gasteiger partial charge in [-0.15, -0.1) is 0 Å². The van der Waals surface area contributed by atoms with Gasteiger partial charge in [-0.05, 0) is 38.3 Å². The van der Waals surface area contributed by atoms with Crippen molar-refractivity contribution in [2.24, 2.45) is 0 Å². The number of nitrogens with zero attached hydrogens (tertiary/aromatic N) is 1. The van der Waals surface area contributed by atoms with E-state index in [1.54, 1.807) is 6.92 Å². The van der Waals surface area contributed by atoms with Crippen molar-refractivity contribution in [2.75, 3.05) is 13.2 Å². The lowest BCUT2D eigenvalue weighted by atomic mass is 10.1. The van der Waals surface area contributed by atoms with Gasteiger partial charge < -0.3 is 4.74 Å². The van der Waals surface area contributed by atoms with Gasteiger partial charge in [0.2, 0.25) is 10.0 Å². The summed E-state index contributed by atoms with van der Waals surface area (Å²) in [5.74, 6) is -0.542. The van der Waals surface area contributed by atoms with E-state index >= 15 is 0 Å². The maximum absolute atomic E-state index is 13.0. The van der Waals surface area contributed by atoms with Crippen LogP contribution in [0, 0.1) is 0 Å². The summed E-state index contributed by atoms with van der Waals surface area (Å²) in [6.45, 7) is 2.11. The summed E-state index contributed by atoms with van der Waals surface area (Å²) in [5, 5.41) is 0.0233. The van der Waals surface area contributed by atoms with Crippen LogP contribution in [0.5, 0.6) is 0 Å². The molecule has 0 bridgehead atoms. The highest BCUT2D eigenvalue weighted by atomic mass is 79.9. The van der Waals surface area contributed by atoms with Gasteiger partial charge in [-0.3, -0.25) is 4.79 Å². The zero-order chi connectivity index (χ0) is 17.2. The number of halogens is 3. The maximum Gasteiger partial charge on any atom is 0.324 e. The molecule has 1 saturated heterocycles. The van der Waals surface area contributed by atoms with Gasteiger partial charge in [0.15, 0.2) is 0 Å². The molecule has 128 valence electrons. The summed E-state index contributed by atoms with van der Waals surface area (Å²) >= 11 is 15.4. The number of piperidine rings is 1. The second-order valence-corrected chi connectivity index (χ2v) is 8.64. The first-order valence-corrected chi connectivity index (χ1v) is 10.1. The van der Waals surface area contributed by atoms with E-state index in [0.29, 0.717) is 17.3 Å². The molecule has 0 radical (unpaired) electrons. The zero-order valence-corrected chi connectivity index (χ0v) is 16.3. The molecule has 0 N–H and O–H groups in total. The van der Waals surface area contributed by atoms with Gasteiger partial charge in [-0.25, -0.2) is 8.42 Å². The van der Waals surface area contributed by atoms with E-state index in [9.17, 15) is 13.2 Å². The molecule has 5 nitrogen and oxygen atoms in total. The number of hydrogen-bond donors (Lipinski definition) is 0. The summed E-state index contributed by atoms with van der Waals surface area (Å²) in [6.07, 6.45) is 1.85. The van der Waals surface area contributed by atoms with Gasteiger partial charge in [-0.2, -0.15) is 4.31 Å². The Morgan fingerprint density at radius 2 is 1.96 bits per heavy atom. The van der Waals surface area contributed by atoms with Gasteiger partial charge in [0.1, 0.15) is 10.9 Å². The molecule has 9 heteroatoms. The topological polar surface area (TPSA) is 63.7 Å². The number of benzene rings is 1. The second kappa shape index (κ2) is 7.70. The normalized spacial score (nSPS) is 19.6. The molecular weight excluding hydrogens is 429 g/mol. The first-order chi connectivity index (χ1) is 10.8. The van der Waals surface area contributed by atoms with E-state index in [-0.39, 0.29) is 28.1 Å². The summed E-state index contributed by atoms with van der Waals surface area (Å²) in [4.78, 5) is 11.9. The quantitative estimate of drug-likeness (QED) is 0.661. The molecule has 1 aromatic rings. The van der Waals surface area contributed by atoms with Crippen LogP contribution in [0.1, 0.15) is 26.2 Å². The Labute approximate surface area is 154 Å². The average molecular weight is 445 g/mol. The Hall–Kier alpha value is -0.340. The van der Waals surface area contributed by atoms with Crippen LogP contribution in [0.4, 0.5) is 0 Å². The number of carbonyl (C=O) groups excluding carboxylic acids is 1. The number of ether oxygens (including phenoxy) is 1. The van der Waals surface area contributed by atoms with Crippen LogP contribution in [-0.2, 0) is 19.6 Å². The van der Waals surface area contributed by atoms with Crippen LogP contribution in [0.25, 0.3) is 0 Å². The van der Waals surface area contributed by atoms with Crippen LogP contribution in [0.2, 0.25) is 10.0 Å². The Bertz CT molecular complexity index is 688. The first-order valence-electron chi connectivity index (χ1n) is 7.12. The smallest absolute Gasteiger partial charge is 0.324 e. The van der Waals surface area contributed by atoms with Crippen molar-refractivity contribution < 1.29 is 17.9 Å². The van der Waals surface area contributed by atoms with E-state index in [1.165, 1.54) is 12.1 Å². The van der Waals surface area contributed by atoms with Crippen LogP contribution in [0.3, 0.4) is 0 Å². The Kier molecular flexibility index (Phi) is 6.35. The summed E-state index contributed by atoms with van der Waals surface area (Å²) in [6, 6.07) is 2.08. The minimum absolute atomic E-state index is 0.0116. The molecule has 1 atom stereocenters. The minimum atomic E-state index is -4.00. The summed E-state index contributed by atoms with van der Waals surface area (Å²) in [7, 11) is -4.00. The Morgan fingerprint density at radius 1 is 1.35 bits per heavy atom. The van der Waals surface area contributed by atoms with Gasteiger partial charge in [0.25, 0.3) is 0 Å². The lowest BCUT2D eigenvalue weighted by Gasteiger charge is -2.33. The number of carbonyl (C=O) groups is 1. The predicted molar refractivity (Wildman–Crippen MR) is 92.3 cm³/mol. The van der Waals surface area contributed by atoms with Crippen molar-refractivity contribution in [3.05, 3.63) is 26.7 Å². The summed E-state index contributed by atoms with van der Waals surface area (Å²) < 4.78 is 32.7. The third-order valence-electron chi connectivity index (χ3n) is 3.54. The van der Waals surface area contributed by atoms with Gasteiger partial charge >= 0.3 is 5.97 Å². The fraction of sp³-hybridized carbons (Fsp3) is 0.500. The summed E-state index contributed by atoms with van der Waals surface area (Å²) in [5.41, 5.74) is 0. The molecule has 0 unspecified atom stereocenters. The van der Waals surface area contributed by atoms with Gasteiger partial charge in [0.05, 0.1) is 16.7 Å². The first kappa shape index (κ1) is 19.0. The Morgan fingerprint density at radius 3 is 2.52 bits per heavy atom. The highest BCUT2D eigenvalue weighted by Gasteiger charge is 2.40. The lowest BCUT2D eigenvalue weighted by Crippen LogP contribution is -2.48. The van der Waals surface area contributed by atoms with Crippen molar-refractivity contribution >= 4 is 55.1 Å². The second-order valence-electron chi connectivity index (χ2n) is 5.08. The lowest BCUT2D eigenvalue weighted by molar-refractivity contribution is -0.148. The maximum atomic E-state index is 13.0. The molecule has 1 aliphatic heterocycles. The molecule has 1 aromatic carbocycles. The number of sulfonamides is 1. The van der Waals surface area contributed by atoms with Crippen molar-refractivity contribution in [1.82, 2.24) is 4.31 Å². The van der Waals surface area contributed by atoms with Gasteiger partial charge in [0, 0.05) is 11.0 Å². The predicted octanol–water partition coefficient (Wildman–Crippen LogP) is 3.86. The molecule has 2 rings (SSSR count). The number of rotatable bonds is 4. The molecule has 1 fully saturated rings. The van der Waals surface area contributed by atoms with E-state index < -0.39 is 22.0 Å². The van der Waals surface area contributed by atoms with Crippen LogP contribution in [0.15, 0.2) is 21.5 Å². The molecule has 0 aromatic heterocycles. The van der Waals surface area contributed by atoms with Crippen molar-refractivity contribution in [3.8, 4) is 0 Å². The minimum Gasteiger partial charge on any atom is -0.465 e. The third kappa shape index (κ3) is 4.02. The molecule has 1 heterocycles. The highest BCUT2D eigenvalue weighted by Crippen LogP contribution is 2.36. The fourth-order valence-corrected chi connectivity index (χ4v) is 6.09. The molecule has 0 amide bonds. The molecule has 0 saturated carbocycles. The van der Waals surface area contributed by atoms with E-state index in [2.05, 4.69) is 15.9 Å². The molecular formula is C14H16BrCl2NO4S. The zero-order valence-electron chi connectivity index (χ0n) is 12.4. The molecule has 0 aliphatic carbocycles. The van der Waals surface area contributed by atoms with Crippen LogP contribution in [-0.4, -0.2) is 37.9 Å². The molecule has 1 aliphatic rings. The van der Waals surface area contributed by atoms with E-state index in [0.717, 1.165) is 10.7 Å². The average Bonchev–Trinajstić information content (AvgIpc) is 2.46. The molecule has 0 spiro atoms. The number of esters is 1. The standard InChI is InChI=1S/C14H16BrCl2NO4S/c1-2-22-14(19)12-5-3-4-6-18(12)23(20,21)13-10(16)7-9(15)8-11(13)17/h7-8,12H,2-6H2,1H3/t12-/m1/s1. The Balaban J connectivity index is 2.46. The van der Waals surface area contributed by atoms with Crippen molar-refractivity contribution in [3.63, 3.8) is 0 Å². The number of hydrogen-bond acceptors (Lipinski definition) is 4. The van der Waals surface area contributed by atoms with Crippen molar-refractivity contribution in [1.29, 1.82) is 0 Å². The molecule has 23 heavy (non-hydrogen) atoms. The monoisotopic (exact) mass is 443 g/mol. The van der Waals surface area contributed by atoms with Gasteiger partial charge in [-0.1, -0.05) is 39.1 Å². The van der Waals surface area contributed by atoms with Crippen molar-refractivity contribution in [2.45, 2.75) is 37.1 Å². The highest BCUT2D eigenvalue weighted by molar-refractivity contribution is 9.10. The fourth-order valence-electron chi connectivity index (χ4n) is 2.56. The third-order valence-corrected chi connectivity index (χ3v) is 6.83. The van der Waals surface area contributed by atoms with E-state index in [1.807, 2.05) is 0 Å². The SMILES string of the molecule is CCOC(=O)[C@H]1CCCCN1S(=O)(=O)c1c(Cl)cc(Br)cc1Cl. The largest absolute Gasteiger partial charge is 0.465 e. The van der Waals surface area contributed by atoms with Crippen LogP contribution < -0.4 is 0 Å².